The van der Waals surface area contributed by atoms with E-state index < -0.39 is 16.1 Å². The molecule has 1 aliphatic rings. The van der Waals surface area contributed by atoms with Crippen molar-refractivity contribution in [3.63, 3.8) is 0 Å². The minimum absolute atomic E-state index is 0.222. The van der Waals surface area contributed by atoms with Crippen LogP contribution in [0, 0.1) is 0 Å². The highest BCUT2D eigenvalue weighted by Crippen LogP contribution is 2.25. The van der Waals surface area contributed by atoms with E-state index in [1.807, 2.05) is 37.4 Å². The van der Waals surface area contributed by atoms with Gasteiger partial charge in [-0.3, -0.25) is 4.79 Å². The topological polar surface area (TPSA) is 69.7 Å². The Bertz CT molecular complexity index is 872. The van der Waals surface area contributed by atoms with E-state index in [9.17, 15) is 13.2 Å². The summed E-state index contributed by atoms with van der Waals surface area (Å²) >= 11 is 0. The van der Waals surface area contributed by atoms with Crippen LogP contribution in [0.1, 0.15) is 19.3 Å². The first-order valence-corrected chi connectivity index (χ1v) is 11.0. The third kappa shape index (κ3) is 4.72. The number of piperidine rings is 1. The number of nitrogens with one attached hydrogen (secondary N) is 1. The predicted octanol–water partition coefficient (Wildman–Crippen LogP) is 2.48. The van der Waals surface area contributed by atoms with Crippen LogP contribution >= 0.6 is 0 Å². The lowest BCUT2D eigenvalue weighted by atomic mass is 10.0. The van der Waals surface area contributed by atoms with Crippen molar-refractivity contribution in [3.8, 4) is 0 Å². The average Bonchev–Trinajstić information content (AvgIpc) is 2.75. The Hall–Kier alpha value is -2.38. The molecule has 0 radical (unpaired) electrons. The highest BCUT2D eigenvalue weighted by atomic mass is 32.2. The molecule has 0 saturated carbocycles. The molecule has 0 bridgehead atoms. The van der Waals surface area contributed by atoms with Gasteiger partial charge in [0.2, 0.25) is 15.9 Å². The molecule has 1 N–H and O–H groups in total. The second-order valence-electron chi connectivity index (χ2n) is 6.99. The van der Waals surface area contributed by atoms with E-state index in [0.29, 0.717) is 26.1 Å². The molecule has 7 heteroatoms. The lowest BCUT2D eigenvalue weighted by Gasteiger charge is -2.33. The summed E-state index contributed by atoms with van der Waals surface area (Å²) in [7, 11) is -1.71. The molecule has 3 rings (SSSR count). The zero-order valence-electron chi connectivity index (χ0n) is 16.1. The molecule has 2 aromatic carbocycles. The highest BCUT2D eigenvalue weighted by Gasteiger charge is 2.37. The van der Waals surface area contributed by atoms with Crippen LogP contribution in [-0.4, -0.2) is 51.4 Å². The Morgan fingerprint density at radius 1 is 1.07 bits per heavy atom. The van der Waals surface area contributed by atoms with Gasteiger partial charge < -0.3 is 10.2 Å². The van der Waals surface area contributed by atoms with Crippen molar-refractivity contribution in [2.24, 2.45) is 0 Å². The number of rotatable bonds is 7. The fraction of sp³-hybridized carbons (Fsp3) is 0.381. The molecular formula is C21H27N3O3S. The number of para-hydroxylation sites is 1. The summed E-state index contributed by atoms with van der Waals surface area (Å²) in [5, 5.41) is 2.92. The number of benzene rings is 2. The molecule has 1 atom stereocenters. The zero-order valence-corrected chi connectivity index (χ0v) is 16.9. The van der Waals surface area contributed by atoms with Crippen molar-refractivity contribution in [2.45, 2.75) is 30.2 Å². The van der Waals surface area contributed by atoms with Crippen LogP contribution in [0.5, 0.6) is 0 Å². The summed E-state index contributed by atoms with van der Waals surface area (Å²) in [5.74, 6) is -0.222. The molecule has 6 nitrogen and oxygen atoms in total. The first kappa shape index (κ1) is 20.4. The number of hydrogen-bond acceptors (Lipinski definition) is 4. The summed E-state index contributed by atoms with van der Waals surface area (Å²) < 4.78 is 27.4. The molecule has 1 unspecified atom stereocenters. The standard InChI is InChI=1S/C21H27N3O3S/c1-23(18-10-4-2-5-11-18)17-15-22-21(25)20-14-8-9-16-24(20)28(26,27)19-12-6-3-7-13-19/h2-7,10-13,20H,8-9,14-17H2,1H3,(H,22,25). The third-order valence-electron chi connectivity index (χ3n) is 5.05. The predicted molar refractivity (Wildman–Crippen MR) is 111 cm³/mol. The first-order valence-electron chi connectivity index (χ1n) is 9.61. The van der Waals surface area contributed by atoms with Gasteiger partial charge in [0.15, 0.2) is 0 Å². The van der Waals surface area contributed by atoms with Crippen molar-refractivity contribution in [1.82, 2.24) is 9.62 Å². The minimum atomic E-state index is -3.68. The van der Waals surface area contributed by atoms with Gasteiger partial charge in [0, 0.05) is 32.4 Å². The van der Waals surface area contributed by atoms with Crippen LogP contribution in [0.25, 0.3) is 0 Å². The minimum Gasteiger partial charge on any atom is -0.373 e. The molecule has 1 aliphatic heterocycles. The molecule has 0 aliphatic carbocycles. The van der Waals surface area contributed by atoms with Crippen molar-refractivity contribution < 1.29 is 13.2 Å². The van der Waals surface area contributed by atoms with E-state index in [-0.39, 0.29) is 10.8 Å². The molecule has 1 amide bonds. The third-order valence-corrected chi connectivity index (χ3v) is 6.97. The van der Waals surface area contributed by atoms with Gasteiger partial charge in [-0.25, -0.2) is 8.42 Å². The number of hydrogen-bond donors (Lipinski definition) is 1. The van der Waals surface area contributed by atoms with Gasteiger partial charge in [-0.2, -0.15) is 4.31 Å². The summed E-state index contributed by atoms with van der Waals surface area (Å²) in [5.41, 5.74) is 1.07. The maximum Gasteiger partial charge on any atom is 0.243 e. The smallest absolute Gasteiger partial charge is 0.243 e. The Labute approximate surface area is 167 Å². The van der Waals surface area contributed by atoms with Gasteiger partial charge >= 0.3 is 0 Å². The van der Waals surface area contributed by atoms with Crippen LogP contribution in [0.4, 0.5) is 5.69 Å². The quantitative estimate of drug-likeness (QED) is 0.774. The maximum atomic E-state index is 13.0. The van der Waals surface area contributed by atoms with Gasteiger partial charge in [0.05, 0.1) is 4.90 Å². The number of likely N-dealkylation sites (N-methyl/N-ethyl adjacent to an activating group) is 1. The highest BCUT2D eigenvalue weighted by molar-refractivity contribution is 7.89. The lowest BCUT2D eigenvalue weighted by Crippen LogP contribution is -2.52. The normalized spacial score (nSPS) is 17.8. The first-order chi connectivity index (χ1) is 13.5. The second-order valence-corrected chi connectivity index (χ2v) is 8.88. The van der Waals surface area contributed by atoms with Gasteiger partial charge in [-0.15, -0.1) is 0 Å². The van der Waals surface area contributed by atoms with Crippen LogP contribution in [0.2, 0.25) is 0 Å². The number of anilines is 1. The van der Waals surface area contributed by atoms with Crippen molar-refractivity contribution >= 4 is 21.6 Å². The molecular weight excluding hydrogens is 374 g/mol. The van der Waals surface area contributed by atoms with Crippen LogP contribution in [0.3, 0.4) is 0 Å². The van der Waals surface area contributed by atoms with Crippen molar-refractivity contribution in [3.05, 3.63) is 60.7 Å². The number of carbonyl (C=O) groups excluding carboxylic acids is 1. The molecule has 0 aromatic heterocycles. The summed E-state index contributed by atoms with van der Waals surface area (Å²) in [4.78, 5) is 15.1. The van der Waals surface area contributed by atoms with Crippen LogP contribution in [-0.2, 0) is 14.8 Å². The van der Waals surface area contributed by atoms with E-state index in [1.54, 1.807) is 30.3 Å². The van der Waals surface area contributed by atoms with E-state index in [2.05, 4.69) is 10.2 Å². The Kier molecular flexibility index (Phi) is 6.70. The molecule has 2 aromatic rings. The fourth-order valence-electron chi connectivity index (χ4n) is 3.46. The monoisotopic (exact) mass is 401 g/mol. The van der Waals surface area contributed by atoms with E-state index in [0.717, 1.165) is 18.5 Å². The van der Waals surface area contributed by atoms with Gasteiger partial charge in [0.25, 0.3) is 0 Å². The lowest BCUT2D eigenvalue weighted by molar-refractivity contribution is -0.125. The average molecular weight is 402 g/mol. The molecule has 1 heterocycles. The molecule has 1 fully saturated rings. The summed E-state index contributed by atoms with van der Waals surface area (Å²) in [6.07, 6.45) is 2.17. The van der Waals surface area contributed by atoms with Crippen LogP contribution in [0.15, 0.2) is 65.6 Å². The molecule has 1 saturated heterocycles. The Morgan fingerprint density at radius 2 is 1.71 bits per heavy atom. The molecule has 150 valence electrons. The largest absolute Gasteiger partial charge is 0.373 e. The molecule has 28 heavy (non-hydrogen) atoms. The van der Waals surface area contributed by atoms with Gasteiger partial charge in [-0.05, 0) is 37.1 Å². The van der Waals surface area contributed by atoms with Crippen molar-refractivity contribution in [1.29, 1.82) is 0 Å². The van der Waals surface area contributed by atoms with Crippen LogP contribution < -0.4 is 10.2 Å². The zero-order chi connectivity index (χ0) is 20.0. The summed E-state index contributed by atoms with van der Waals surface area (Å²) in [6.45, 7) is 1.48. The van der Waals surface area contributed by atoms with Gasteiger partial charge in [-0.1, -0.05) is 42.8 Å². The second kappa shape index (κ2) is 9.21. The number of carbonyl (C=O) groups is 1. The van der Waals surface area contributed by atoms with E-state index >= 15 is 0 Å². The summed E-state index contributed by atoms with van der Waals surface area (Å²) in [6, 6.07) is 17.6. The van der Waals surface area contributed by atoms with Gasteiger partial charge in [0.1, 0.15) is 6.04 Å². The van der Waals surface area contributed by atoms with Crippen molar-refractivity contribution in [2.75, 3.05) is 31.6 Å². The number of amides is 1. The molecule has 0 spiro atoms. The van der Waals surface area contributed by atoms with E-state index in [1.165, 1.54) is 4.31 Å². The maximum absolute atomic E-state index is 13.0. The number of sulfonamides is 1. The number of nitrogens with zero attached hydrogens (tertiary/aromatic N) is 2. The van der Waals surface area contributed by atoms with E-state index in [4.69, 9.17) is 0 Å². The Balaban J connectivity index is 1.63. The Morgan fingerprint density at radius 3 is 2.39 bits per heavy atom. The SMILES string of the molecule is CN(CCNC(=O)C1CCCCN1S(=O)(=O)c1ccccc1)c1ccccc1. The fourth-order valence-corrected chi connectivity index (χ4v) is 5.14.